The van der Waals surface area contributed by atoms with Crippen LogP contribution in [0.15, 0.2) is 48.5 Å². The summed E-state index contributed by atoms with van der Waals surface area (Å²) in [6.45, 7) is 8.58. The van der Waals surface area contributed by atoms with Crippen LogP contribution in [0.3, 0.4) is 0 Å². The van der Waals surface area contributed by atoms with Gasteiger partial charge in [-0.25, -0.2) is 0 Å². The molecule has 156 valence electrons. The van der Waals surface area contributed by atoms with Crippen molar-refractivity contribution in [2.75, 3.05) is 0 Å². The number of fused-ring (bicyclic) bond motifs is 2. The first-order chi connectivity index (χ1) is 14.5. The van der Waals surface area contributed by atoms with Crippen molar-refractivity contribution in [1.29, 1.82) is 0 Å². The minimum Gasteiger partial charge on any atom is -0.490 e. The fourth-order valence-corrected chi connectivity index (χ4v) is 4.17. The van der Waals surface area contributed by atoms with Crippen molar-refractivity contribution < 1.29 is 19.0 Å². The van der Waals surface area contributed by atoms with Gasteiger partial charge in [0, 0.05) is 28.3 Å². The third-order valence-corrected chi connectivity index (χ3v) is 5.42. The minimum absolute atomic E-state index is 0.00600. The Morgan fingerprint density at radius 3 is 2.57 bits per heavy atom. The summed E-state index contributed by atoms with van der Waals surface area (Å²) in [5.74, 6) is 1.52. The highest BCUT2D eigenvalue weighted by molar-refractivity contribution is 5.99. The predicted octanol–water partition coefficient (Wildman–Crippen LogP) is 6.04. The monoisotopic (exact) mass is 404 g/mol. The second-order valence-corrected chi connectivity index (χ2v) is 8.24. The molecule has 4 heteroatoms. The van der Waals surface area contributed by atoms with Crippen LogP contribution in [0.25, 0.3) is 10.8 Å². The van der Waals surface area contributed by atoms with E-state index in [1.165, 1.54) is 0 Å². The molecule has 0 aromatic heterocycles. The van der Waals surface area contributed by atoms with Crippen molar-refractivity contribution in [3.8, 4) is 11.5 Å². The van der Waals surface area contributed by atoms with E-state index >= 15 is 0 Å². The van der Waals surface area contributed by atoms with E-state index in [1.54, 1.807) is 6.07 Å². The Kier molecular flexibility index (Phi) is 5.78. The van der Waals surface area contributed by atoms with E-state index < -0.39 is 0 Å². The lowest BCUT2D eigenvalue weighted by atomic mass is 9.90. The van der Waals surface area contributed by atoms with Crippen molar-refractivity contribution >= 4 is 17.1 Å². The van der Waals surface area contributed by atoms with Gasteiger partial charge < -0.3 is 14.2 Å². The lowest BCUT2D eigenvalue weighted by molar-refractivity contribution is -0.00537. The van der Waals surface area contributed by atoms with Crippen molar-refractivity contribution in [1.82, 2.24) is 0 Å². The van der Waals surface area contributed by atoms with E-state index in [9.17, 15) is 4.79 Å². The topological polar surface area (TPSA) is 44.8 Å². The van der Waals surface area contributed by atoms with Gasteiger partial charge in [0.1, 0.15) is 24.4 Å². The Bertz CT molecular complexity index is 1060. The van der Waals surface area contributed by atoms with Crippen LogP contribution in [-0.4, -0.2) is 18.5 Å². The van der Waals surface area contributed by atoms with Gasteiger partial charge in [-0.05, 0) is 57.0 Å². The zero-order chi connectivity index (χ0) is 21.3. The third kappa shape index (κ3) is 4.05. The lowest BCUT2D eigenvalue weighted by Crippen LogP contribution is -2.23. The van der Waals surface area contributed by atoms with Gasteiger partial charge in [0.15, 0.2) is 0 Å². The van der Waals surface area contributed by atoms with Crippen LogP contribution < -0.4 is 9.47 Å². The highest BCUT2D eigenvalue weighted by Gasteiger charge is 2.28. The second-order valence-electron chi connectivity index (χ2n) is 8.24. The quantitative estimate of drug-likeness (QED) is 0.470. The molecule has 0 saturated heterocycles. The third-order valence-electron chi connectivity index (χ3n) is 5.42. The molecule has 0 saturated carbocycles. The molecule has 30 heavy (non-hydrogen) atoms. The van der Waals surface area contributed by atoms with Crippen LogP contribution in [0.1, 0.15) is 60.8 Å². The summed E-state index contributed by atoms with van der Waals surface area (Å²) in [6, 6.07) is 16.0. The Hall–Kier alpha value is -2.85. The fraction of sp³-hybridized carbons (Fsp3) is 0.346. The van der Waals surface area contributed by atoms with Crippen molar-refractivity contribution in [2.45, 2.75) is 59.0 Å². The molecule has 0 aliphatic carbocycles. The molecule has 1 heterocycles. The molecule has 0 radical (unpaired) electrons. The van der Waals surface area contributed by atoms with Crippen molar-refractivity contribution in [3.63, 3.8) is 0 Å². The molecule has 3 aromatic carbocycles. The van der Waals surface area contributed by atoms with E-state index in [4.69, 9.17) is 14.2 Å². The van der Waals surface area contributed by atoms with Crippen LogP contribution >= 0.6 is 0 Å². The van der Waals surface area contributed by atoms with Crippen LogP contribution in [0.4, 0.5) is 0 Å². The minimum atomic E-state index is -0.0372. The average molecular weight is 405 g/mol. The Balaban J connectivity index is 1.92. The number of ether oxygens (including phenoxy) is 3. The molecule has 0 fully saturated rings. The van der Waals surface area contributed by atoms with Crippen LogP contribution in [0.5, 0.6) is 11.5 Å². The predicted molar refractivity (Wildman–Crippen MR) is 119 cm³/mol. The zero-order valence-electron chi connectivity index (χ0n) is 18.0. The van der Waals surface area contributed by atoms with E-state index in [1.807, 2.05) is 38.1 Å². The number of hydrogen-bond acceptors (Lipinski definition) is 4. The van der Waals surface area contributed by atoms with Gasteiger partial charge in [0.2, 0.25) is 0 Å². The van der Waals surface area contributed by atoms with Gasteiger partial charge in [-0.1, -0.05) is 30.3 Å². The molecule has 4 rings (SSSR count). The number of rotatable bonds is 6. The fourth-order valence-electron chi connectivity index (χ4n) is 4.17. The van der Waals surface area contributed by atoms with E-state index in [2.05, 4.69) is 32.0 Å². The largest absolute Gasteiger partial charge is 0.490 e. The molecule has 0 N–H and O–H groups in total. The van der Waals surface area contributed by atoms with Gasteiger partial charge in [0.05, 0.1) is 18.3 Å². The summed E-state index contributed by atoms with van der Waals surface area (Å²) in [5, 5.41) is 1.85. The maximum absolute atomic E-state index is 11.7. The number of benzene rings is 3. The standard InChI is InChI=1S/C26H28O4/c1-16(2)29-25-12-20(14-27)11-24-22(25)13-21-18(4)30-17(3)10-23(21)26(24)28-15-19-8-6-5-7-9-19/h5-9,11-14,16-18H,10,15H2,1-4H3/t17-,18-/m0/s1. The molecular formula is C26H28O4. The van der Waals surface area contributed by atoms with Crippen molar-refractivity contribution in [2.24, 2.45) is 0 Å². The Labute approximate surface area is 177 Å². The van der Waals surface area contributed by atoms with Gasteiger partial charge in [0.25, 0.3) is 0 Å². The summed E-state index contributed by atoms with van der Waals surface area (Å²) in [7, 11) is 0. The number of carbonyl (C=O) groups is 1. The summed E-state index contributed by atoms with van der Waals surface area (Å²) in [5.41, 5.74) is 3.96. The van der Waals surface area contributed by atoms with Crippen molar-refractivity contribution in [3.05, 3.63) is 70.8 Å². The van der Waals surface area contributed by atoms with E-state index in [0.717, 1.165) is 45.9 Å². The number of carbonyl (C=O) groups excluding carboxylic acids is 1. The first-order valence-electron chi connectivity index (χ1n) is 10.5. The second kappa shape index (κ2) is 8.49. The van der Waals surface area contributed by atoms with Gasteiger partial charge >= 0.3 is 0 Å². The molecule has 0 bridgehead atoms. The molecule has 0 spiro atoms. The maximum Gasteiger partial charge on any atom is 0.150 e. The van der Waals surface area contributed by atoms with Gasteiger partial charge in [-0.3, -0.25) is 4.79 Å². The SMILES string of the molecule is CC(C)Oc1cc(C=O)cc2c(OCc3ccccc3)c3c(cc12)[C@H](C)O[C@@H](C)C3. The highest BCUT2D eigenvalue weighted by Crippen LogP contribution is 2.44. The molecule has 2 atom stereocenters. The number of hydrogen-bond donors (Lipinski definition) is 0. The Morgan fingerprint density at radius 1 is 1.10 bits per heavy atom. The van der Waals surface area contributed by atoms with Crippen LogP contribution in [0, 0.1) is 0 Å². The molecule has 4 nitrogen and oxygen atoms in total. The van der Waals surface area contributed by atoms with E-state index in [-0.39, 0.29) is 18.3 Å². The van der Waals surface area contributed by atoms with Crippen LogP contribution in [0.2, 0.25) is 0 Å². The molecular weight excluding hydrogens is 376 g/mol. The summed E-state index contributed by atoms with van der Waals surface area (Å²) < 4.78 is 18.6. The molecule has 1 aliphatic heterocycles. The first-order valence-corrected chi connectivity index (χ1v) is 10.5. The summed E-state index contributed by atoms with van der Waals surface area (Å²) in [4.78, 5) is 11.7. The molecule has 1 aliphatic rings. The summed E-state index contributed by atoms with van der Waals surface area (Å²) in [6.07, 6.45) is 1.69. The zero-order valence-corrected chi connectivity index (χ0v) is 18.0. The summed E-state index contributed by atoms with van der Waals surface area (Å²) >= 11 is 0. The normalized spacial score (nSPS) is 18.3. The van der Waals surface area contributed by atoms with Gasteiger partial charge in [-0.15, -0.1) is 0 Å². The maximum atomic E-state index is 11.7. The van der Waals surface area contributed by atoms with Gasteiger partial charge in [-0.2, -0.15) is 0 Å². The molecule has 0 amide bonds. The first kappa shape index (κ1) is 20.4. The van der Waals surface area contributed by atoms with E-state index in [0.29, 0.717) is 17.9 Å². The molecule has 0 unspecified atom stereocenters. The smallest absolute Gasteiger partial charge is 0.150 e. The average Bonchev–Trinajstić information content (AvgIpc) is 2.72. The lowest BCUT2D eigenvalue weighted by Gasteiger charge is -2.31. The Morgan fingerprint density at radius 2 is 1.87 bits per heavy atom. The highest BCUT2D eigenvalue weighted by atomic mass is 16.5. The molecule has 3 aromatic rings. The van der Waals surface area contributed by atoms with Crippen LogP contribution in [-0.2, 0) is 17.8 Å². The number of aldehydes is 1.